The number of anilines is 2. The molecule has 3 aromatic rings. The van der Waals surface area contributed by atoms with Gasteiger partial charge in [-0.05, 0) is 30.2 Å². The summed E-state index contributed by atoms with van der Waals surface area (Å²) in [5.41, 5.74) is 12.3. The van der Waals surface area contributed by atoms with Gasteiger partial charge >= 0.3 is 0 Å². The molecule has 0 atom stereocenters. The molecule has 0 amide bonds. The lowest BCUT2D eigenvalue weighted by Gasteiger charge is -2.00. The molecular weight excluding hydrogens is 258 g/mol. The summed E-state index contributed by atoms with van der Waals surface area (Å²) < 4.78 is 0.958. The first-order valence-electron chi connectivity index (χ1n) is 5.77. The van der Waals surface area contributed by atoms with Crippen molar-refractivity contribution in [1.29, 1.82) is 0 Å². The number of aryl methyl sites for hydroxylation is 1. The van der Waals surface area contributed by atoms with Gasteiger partial charge in [0.2, 0.25) is 0 Å². The summed E-state index contributed by atoms with van der Waals surface area (Å²) in [6.45, 7) is 2.05. The minimum Gasteiger partial charge on any atom is -0.399 e. The van der Waals surface area contributed by atoms with Crippen molar-refractivity contribution in [2.75, 3.05) is 11.2 Å². The van der Waals surface area contributed by atoms with Crippen LogP contribution in [-0.4, -0.2) is 9.97 Å². The van der Waals surface area contributed by atoms with Gasteiger partial charge in [-0.1, -0.05) is 12.1 Å². The van der Waals surface area contributed by atoms with E-state index < -0.39 is 0 Å². The highest BCUT2D eigenvalue weighted by molar-refractivity contribution is 7.23. The molecule has 0 saturated carbocycles. The second-order valence-corrected chi connectivity index (χ2v) is 5.25. The van der Waals surface area contributed by atoms with Gasteiger partial charge in [-0.25, -0.2) is 15.8 Å². The second kappa shape index (κ2) is 4.49. The number of nitrogens with two attached hydrogens (primary N) is 2. The summed E-state index contributed by atoms with van der Waals surface area (Å²) in [6, 6.07) is 7.82. The topological polar surface area (TPSA) is 89.8 Å². The monoisotopic (exact) mass is 271 g/mol. The summed E-state index contributed by atoms with van der Waals surface area (Å²) in [5, 5.41) is 0. The maximum absolute atomic E-state index is 5.84. The van der Waals surface area contributed by atoms with Gasteiger partial charge in [0.1, 0.15) is 6.33 Å². The van der Waals surface area contributed by atoms with Crippen LogP contribution >= 0.6 is 11.3 Å². The van der Waals surface area contributed by atoms with Gasteiger partial charge in [0.25, 0.3) is 0 Å². The number of benzene rings is 1. The maximum atomic E-state index is 5.84. The molecule has 6 heteroatoms. The molecule has 0 radical (unpaired) electrons. The van der Waals surface area contributed by atoms with E-state index >= 15 is 0 Å². The highest BCUT2D eigenvalue weighted by Crippen LogP contribution is 2.39. The van der Waals surface area contributed by atoms with Crippen molar-refractivity contribution in [3.63, 3.8) is 0 Å². The summed E-state index contributed by atoms with van der Waals surface area (Å²) in [7, 11) is 0. The maximum Gasteiger partial charge on any atom is 0.161 e. The number of fused-ring (bicyclic) bond motifs is 1. The SMILES string of the molecule is Cc1c(-c2cccc(N)c2)sc2c(NN)ncnc12. The lowest BCUT2D eigenvalue weighted by molar-refractivity contribution is 1.18. The van der Waals surface area contributed by atoms with Gasteiger partial charge in [0.05, 0.1) is 10.2 Å². The molecule has 5 nitrogen and oxygen atoms in total. The molecule has 19 heavy (non-hydrogen) atoms. The standard InChI is InChI=1S/C13H13N5S/c1-7-10-12(13(18-15)17-6-16-10)19-11(7)8-3-2-4-9(14)5-8/h2-6H,14-15H2,1H3,(H,16,17,18). The lowest BCUT2D eigenvalue weighted by atomic mass is 10.1. The lowest BCUT2D eigenvalue weighted by Crippen LogP contribution is -2.08. The Labute approximate surface area is 114 Å². The van der Waals surface area contributed by atoms with Crippen LogP contribution < -0.4 is 17.0 Å². The van der Waals surface area contributed by atoms with Crippen LogP contribution in [0.25, 0.3) is 20.7 Å². The smallest absolute Gasteiger partial charge is 0.161 e. The average molecular weight is 271 g/mol. The average Bonchev–Trinajstić information content (AvgIpc) is 2.76. The summed E-state index contributed by atoms with van der Waals surface area (Å²) in [4.78, 5) is 9.60. The highest BCUT2D eigenvalue weighted by Gasteiger charge is 2.14. The first kappa shape index (κ1) is 11.9. The number of aromatic nitrogens is 2. The van der Waals surface area contributed by atoms with Crippen LogP contribution in [-0.2, 0) is 0 Å². The fourth-order valence-electron chi connectivity index (χ4n) is 2.08. The minimum atomic E-state index is 0.647. The molecule has 0 unspecified atom stereocenters. The molecule has 2 heterocycles. The fraction of sp³-hybridized carbons (Fsp3) is 0.0769. The Balaban J connectivity index is 2.28. The third-order valence-electron chi connectivity index (χ3n) is 2.99. The second-order valence-electron chi connectivity index (χ2n) is 4.23. The van der Waals surface area contributed by atoms with Gasteiger partial charge < -0.3 is 11.2 Å². The Kier molecular flexibility index (Phi) is 2.81. The first-order chi connectivity index (χ1) is 9.20. The Morgan fingerprint density at radius 1 is 1.26 bits per heavy atom. The van der Waals surface area contributed by atoms with Crippen LogP contribution in [0, 0.1) is 6.92 Å². The summed E-state index contributed by atoms with van der Waals surface area (Å²) in [6.07, 6.45) is 1.51. The molecule has 3 rings (SSSR count). The largest absolute Gasteiger partial charge is 0.399 e. The van der Waals surface area contributed by atoms with E-state index in [0.29, 0.717) is 5.82 Å². The van der Waals surface area contributed by atoms with Gasteiger partial charge in [-0.15, -0.1) is 11.3 Å². The molecule has 0 saturated heterocycles. The third kappa shape index (κ3) is 1.91. The number of thiophene rings is 1. The summed E-state index contributed by atoms with van der Waals surface area (Å²) in [5.74, 6) is 6.13. The van der Waals surface area contributed by atoms with Crippen molar-refractivity contribution in [2.45, 2.75) is 6.92 Å². The predicted octanol–water partition coefficient (Wildman–Crippen LogP) is 2.53. The minimum absolute atomic E-state index is 0.647. The van der Waals surface area contributed by atoms with E-state index in [2.05, 4.69) is 15.4 Å². The number of rotatable bonds is 2. The van der Waals surface area contributed by atoms with E-state index in [9.17, 15) is 0 Å². The fourth-order valence-corrected chi connectivity index (χ4v) is 3.29. The Morgan fingerprint density at radius 2 is 2.11 bits per heavy atom. The van der Waals surface area contributed by atoms with Crippen molar-refractivity contribution in [1.82, 2.24) is 9.97 Å². The molecule has 1 aromatic carbocycles. The quantitative estimate of drug-likeness (QED) is 0.378. The summed E-state index contributed by atoms with van der Waals surface area (Å²) >= 11 is 1.61. The zero-order valence-electron chi connectivity index (χ0n) is 10.3. The molecule has 0 aliphatic carbocycles. The zero-order valence-corrected chi connectivity index (χ0v) is 11.2. The molecule has 0 aliphatic rings. The Morgan fingerprint density at radius 3 is 2.84 bits per heavy atom. The van der Waals surface area contributed by atoms with E-state index in [1.54, 1.807) is 11.3 Å². The van der Waals surface area contributed by atoms with E-state index in [-0.39, 0.29) is 0 Å². The van der Waals surface area contributed by atoms with Gasteiger partial charge in [0.15, 0.2) is 5.82 Å². The molecule has 0 bridgehead atoms. The number of hydrazine groups is 1. The Hall–Kier alpha value is -2.18. The number of nitrogens with zero attached hydrogens (tertiary/aromatic N) is 2. The van der Waals surface area contributed by atoms with Crippen LogP contribution in [0.2, 0.25) is 0 Å². The Bertz CT molecular complexity index is 750. The molecule has 2 aromatic heterocycles. The van der Waals surface area contributed by atoms with E-state index in [0.717, 1.165) is 31.9 Å². The molecule has 5 N–H and O–H groups in total. The number of hydrogen-bond acceptors (Lipinski definition) is 6. The number of hydrogen-bond donors (Lipinski definition) is 3. The predicted molar refractivity (Wildman–Crippen MR) is 79.8 cm³/mol. The van der Waals surface area contributed by atoms with Crippen LogP contribution in [0.1, 0.15) is 5.56 Å². The van der Waals surface area contributed by atoms with E-state index in [1.807, 2.05) is 31.2 Å². The van der Waals surface area contributed by atoms with Crippen molar-refractivity contribution in [3.05, 3.63) is 36.2 Å². The van der Waals surface area contributed by atoms with Gasteiger partial charge in [0, 0.05) is 10.6 Å². The van der Waals surface area contributed by atoms with Crippen LogP contribution in [0.3, 0.4) is 0 Å². The van der Waals surface area contributed by atoms with Crippen LogP contribution in [0.15, 0.2) is 30.6 Å². The zero-order chi connectivity index (χ0) is 13.4. The highest BCUT2D eigenvalue weighted by atomic mass is 32.1. The van der Waals surface area contributed by atoms with Crippen LogP contribution in [0.4, 0.5) is 11.5 Å². The first-order valence-corrected chi connectivity index (χ1v) is 6.59. The van der Waals surface area contributed by atoms with Gasteiger partial charge in [-0.2, -0.15) is 0 Å². The molecule has 96 valence electrons. The third-order valence-corrected chi connectivity index (χ3v) is 4.33. The van der Waals surface area contributed by atoms with Crippen molar-refractivity contribution < 1.29 is 0 Å². The van der Waals surface area contributed by atoms with Crippen molar-refractivity contribution in [2.24, 2.45) is 5.84 Å². The molecule has 0 fully saturated rings. The van der Waals surface area contributed by atoms with E-state index in [1.165, 1.54) is 6.33 Å². The molecular formula is C13H13N5S. The van der Waals surface area contributed by atoms with Crippen molar-refractivity contribution in [3.8, 4) is 10.4 Å². The van der Waals surface area contributed by atoms with Crippen molar-refractivity contribution >= 4 is 33.1 Å². The van der Waals surface area contributed by atoms with Gasteiger partial charge in [-0.3, -0.25) is 0 Å². The number of nitrogen functional groups attached to an aromatic ring is 2. The number of nitrogens with one attached hydrogen (secondary N) is 1. The normalized spacial score (nSPS) is 10.8. The molecule has 0 aliphatic heterocycles. The van der Waals surface area contributed by atoms with Crippen LogP contribution in [0.5, 0.6) is 0 Å². The van der Waals surface area contributed by atoms with E-state index in [4.69, 9.17) is 11.6 Å². The molecule has 0 spiro atoms.